The Morgan fingerprint density at radius 1 is 1.09 bits per heavy atom. The first-order valence-electron chi connectivity index (χ1n) is 9.55. The summed E-state index contributed by atoms with van der Waals surface area (Å²) in [7, 11) is 1.83. The minimum absolute atomic E-state index is 0.233. The first kappa shape index (κ1) is 24.1. The second-order valence-corrected chi connectivity index (χ2v) is 6.95. The second-order valence-electron chi connectivity index (χ2n) is 6.95. The number of anilines is 1. The molecule has 3 aromatic heterocycles. The molecule has 3 N–H and O–H groups in total. The van der Waals surface area contributed by atoms with Crippen molar-refractivity contribution >= 4 is 11.8 Å². The van der Waals surface area contributed by atoms with Crippen LogP contribution < -0.4 is 11.3 Å². The van der Waals surface area contributed by atoms with Crippen LogP contribution in [0.25, 0.3) is 28.3 Å². The summed E-state index contributed by atoms with van der Waals surface area (Å²) in [5, 5.41) is 15.7. The van der Waals surface area contributed by atoms with Crippen LogP contribution in [0.3, 0.4) is 0 Å². The maximum atomic E-state index is 12.4. The Labute approximate surface area is 190 Å². The molecule has 34 heavy (non-hydrogen) atoms. The number of hydrogen-bond donors (Lipinski definition) is 2. The Bertz CT molecular complexity index is 1400. The second kappa shape index (κ2) is 9.52. The number of para-hydroxylation sites is 1. The molecule has 3 heterocycles. The van der Waals surface area contributed by atoms with Crippen LogP contribution >= 0.6 is 0 Å². The number of nitrogen functional groups attached to an aromatic ring is 1. The lowest BCUT2D eigenvalue weighted by Crippen LogP contribution is -2.21. The van der Waals surface area contributed by atoms with Crippen LogP contribution in [0.5, 0.6) is 0 Å². The van der Waals surface area contributed by atoms with E-state index in [1.165, 1.54) is 10.7 Å². The number of carbonyl (C=O) groups is 1. The number of nitrogens with two attached hydrogens (primary N) is 1. The smallest absolute Gasteiger partial charge is 0.475 e. The van der Waals surface area contributed by atoms with Crippen LogP contribution in [0.15, 0.2) is 59.8 Å². The van der Waals surface area contributed by atoms with Gasteiger partial charge in [0.15, 0.2) is 5.82 Å². The van der Waals surface area contributed by atoms with E-state index in [4.69, 9.17) is 15.6 Å². The third-order valence-corrected chi connectivity index (χ3v) is 4.43. The number of carboxylic acids is 1. The fourth-order valence-corrected chi connectivity index (χ4v) is 2.79. The van der Waals surface area contributed by atoms with Crippen LogP contribution in [0, 0.1) is 6.92 Å². The van der Waals surface area contributed by atoms with E-state index in [0.29, 0.717) is 22.8 Å². The third-order valence-electron chi connectivity index (χ3n) is 4.43. The zero-order chi connectivity index (χ0) is 25.0. The molecule has 0 unspecified atom stereocenters. The lowest BCUT2D eigenvalue weighted by molar-refractivity contribution is -0.192. The minimum atomic E-state index is -5.08. The maximum absolute atomic E-state index is 12.4. The molecule has 176 valence electrons. The van der Waals surface area contributed by atoms with Crippen molar-refractivity contribution < 1.29 is 23.1 Å². The van der Waals surface area contributed by atoms with Crippen molar-refractivity contribution in [2.24, 2.45) is 7.05 Å². The summed E-state index contributed by atoms with van der Waals surface area (Å²) in [6.45, 7) is 1.92. The molecular formula is C21H18F3N7O3. The van der Waals surface area contributed by atoms with Gasteiger partial charge in [-0.2, -0.15) is 28.1 Å². The van der Waals surface area contributed by atoms with Gasteiger partial charge < -0.3 is 10.8 Å². The van der Waals surface area contributed by atoms with Gasteiger partial charge in [-0.15, -0.1) is 0 Å². The van der Waals surface area contributed by atoms with Crippen molar-refractivity contribution in [2.75, 3.05) is 5.73 Å². The Morgan fingerprint density at radius 3 is 2.35 bits per heavy atom. The molecule has 0 fully saturated rings. The van der Waals surface area contributed by atoms with Gasteiger partial charge in [-0.25, -0.2) is 14.8 Å². The van der Waals surface area contributed by atoms with Crippen LogP contribution in [-0.2, 0) is 11.8 Å². The molecular weight excluding hydrogens is 455 g/mol. The highest BCUT2D eigenvalue weighted by Gasteiger charge is 2.38. The number of benzene rings is 1. The minimum Gasteiger partial charge on any atom is -0.475 e. The van der Waals surface area contributed by atoms with Crippen molar-refractivity contribution in [3.8, 4) is 28.3 Å². The van der Waals surface area contributed by atoms with Crippen LogP contribution in [0.1, 0.15) is 5.56 Å². The number of hydrogen-bond acceptors (Lipinski definition) is 7. The maximum Gasteiger partial charge on any atom is 0.490 e. The first-order chi connectivity index (χ1) is 16.0. The van der Waals surface area contributed by atoms with Gasteiger partial charge in [-0.3, -0.25) is 9.48 Å². The lowest BCUT2D eigenvalue weighted by Gasteiger charge is -2.10. The predicted octanol–water partition coefficient (Wildman–Crippen LogP) is 2.61. The fraction of sp³-hybridized carbons (Fsp3) is 0.143. The van der Waals surface area contributed by atoms with E-state index in [1.54, 1.807) is 23.1 Å². The van der Waals surface area contributed by atoms with Crippen LogP contribution in [-0.4, -0.2) is 46.8 Å². The molecule has 0 bridgehead atoms. The van der Waals surface area contributed by atoms with Gasteiger partial charge in [0, 0.05) is 24.9 Å². The molecule has 0 atom stereocenters. The molecule has 0 aliphatic carbocycles. The van der Waals surface area contributed by atoms with Gasteiger partial charge in [0.05, 0.1) is 23.8 Å². The highest BCUT2D eigenvalue weighted by Crippen LogP contribution is 2.24. The predicted molar refractivity (Wildman–Crippen MR) is 116 cm³/mol. The summed E-state index contributed by atoms with van der Waals surface area (Å²) in [6, 6.07) is 10.6. The Balaban J connectivity index is 0.000000406. The van der Waals surface area contributed by atoms with Gasteiger partial charge in [0.1, 0.15) is 11.4 Å². The van der Waals surface area contributed by atoms with E-state index in [2.05, 4.69) is 20.2 Å². The molecule has 0 saturated carbocycles. The van der Waals surface area contributed by atoms with Gasteiger partial charge in [-0.05, 0) is 24.6 Å². The number of nitrogens with zero attached hydrogens (tertiary/aromatic N) is 6. The molecule has 0 radical (unpaired) electrons. The zero-order valence-electron chi connectivity index (χ0n) is 17.9. The van der Waals surface area contributed by atoms with Gasteiger partial charge in [0.25, 0.3) is 5.56 Å². The number of halogens is 3. The molecule has 4 aromatic rings. The summed E-state index contributed by atoms with van der Waals surface area (Å²) in [5.41, 5.74) is 9.78. The summed E-state index contributed by atoms with van der Waals surface area (Å²) in [4.78, 5) is 30.1. The number of aromatic nitrogens is 6. The van der Waals surface area contributed by atoms with E-state index in [9.17, 15) is 18.0 Å². The largest absolute Gasteiger partial charge is 0.490 e. The molecule has 0 aliphatic heterocycles. The molecule has 0 spiro atoms. The summed E-state index contributed by atoms with van der Waals surface area (Å²) < 4.78 is 34.8. The lowest BCUT2D eigenvalue weighted by atomic mass is 10.2. The van der Waals surface area contributed by atoms with E-state index in [-0.39, 0.29) is 11.4 Å². The standard InChI is InChI=1S/C19H17N7O.C2HF3O2/c1-12-5-3-4-6-16(12)26-17(27)8-7-14(24-26)18-19(20)21-10-15(23-18)13-9-22-25(2)11-13;3-2(4,5)1(6)7/h3-11H,1-2H3,(H2,20,21);(H,6,7). The van der Waals surface area contributed by atoms with Gasteiger partial charge >= 0.3 is 12.1 Å². The molecule has 1 aromatic carbocycles. The van der Waals surface area contributed by atoms with Crippen LogP contribution in [0.4, 0.5) is 19.0 Å². The first-order valence-corrected chi connectivity index (χ1v) is 9.55. The van der Waals surface area contributed by atoms with Gasteiger partial charge in [0.2, 0.25) is 0 Å². The van der Waals surface area contributed by atoms with Gasteiger partial charge in [-0.1, -0.05) is 18.2 Å². The van der Waals surface area contributed by atoms with E-state index in [0.717, 1.165) is 11.1 Å². The number of aliphatic carboxylic acids is 1. The quantitative estimate of drug-likeness (QED) is 0.462. The Hall–Kier alpha value is -4.55. The number of carboxylic acid groups (broad SMARTS) is 1. The van der Waals surface area contributed by atoms with Crippen molar-refractivity contribution in [3.63, 3.8) is 0 Å². The molecule has 0 amide bonds. The summed E-state index contributed by atoms with van der Waals surface area (Å²) in [6.07, 6.45) is 0.0462. The van der Waals surface area contributed by atoms with Crippen molar-refractivity contribution in [2.45, 2.75) is 13.1 Å². The SMILES string of the molecule is Cc1ccccc1-n1nc(-c2nc(-c3cnn(C)c3)cnc2N)ccc1=O.O=C(O)C(F)(F)F. The zero-order valence-corrected chi connectivity index (χ0v) is 17.9. The Kier molecular flexibility index (Phi) is 6.75. The number of aryl methyl sites for hydroxylation is 2. The van der Waals surface area contributed by atoms with Crippen molar-refractivity contribution in [3.05, 3.63) is 70.9 Å². The highest BCUT2D eigenvalue weighted by atomic mass is 19.4. The molecule has 4 rings (SSSR count). The third kappa shape index (κ3) is 5.43. The topological polar surface area (TPSA) is 142 Å². The Morgan fingerprint density at radius 2 is 1.76 bits per heavy atom. The van der Waals surface area contributed by atoms with E-state index < -0.39 is 12.1 Å². The van der Waals surface area contributed by atoms with Crippen LogP contribution in [0.2, 0.25) is 0 Å². The molecule has 13 heteroatoms. The van der Waals surface area contributed by atoms with Crippen molar-refractivity contribution in [1.82, 2.24) is 29.5 Å². The fourth-order valence-electron chi connectivity index (χ4n) is 2.79. The monoisotopic (exact) mass is 473 g/mol. The summed E-state index contributed by atoms with van der Waals surface area (Å²) >= 11 is 0. The summed E-state index contributed by atoms with van der Waals surface area (Å²) in [5.74, 6) is -2.52. The average Bonchev–Trinajstić information content (AvgIpc) is 3.21. The molecule has 0 aliphatic rings. The average molecular weight is 473 g/mol. The van der Waals surface area contributed by atoms with E-state index >= 15 is 0 Å². The normalized spacial score (nSPS) is 11.0. The van der Waals surface area contributed by atoms with E-state index in [1.807, 2.05) is 44.4 Å². The molecule has 10 nitrogen and oxygen atoms in total. The molecule has 0 saturated heterocycles. The highest BCUT2D eigenvalue weighted by molar-refractivity contribution is 5.73. The number of alkyl halides is 3. The number of rotatable bonds is 3. The van der Waals surface area contributed by atoms with Crippen molar-refractivity contribution in [1.29, 1.82) is 0 Å².